The van der Waals surface area contributed by atoms with Crippen molar-refractivity contribution < 1.29 is 23.9 Å². The maximum Gasteiger partial charge on any atom is 0.331 e. The van der Waals surface area contributed by atoms with E-state index in [2.05, 4.69) is 15.4 Å². The van der Waals surface area contributed by atoms with Gasteiger partial charge in [-0.05, 0) is 12.5 Å². The quantitative estimate of drug-likeness (QED) is 0.426. The monoisotopic (exact) mass is 320 g/mol. The SMILES string of the molecule is CCOC(=O)/C=C/C(=O)OCCNC(=O)NCc1ccccc1. The molecule has 0 saturated carbocycles. The summed E-state index contributed by atoms with van der Waals surface area (Å²) in [6, 6.07) is 9.12. The minimum atomic E-state index is -0.676. The maximum absolute atomic E-state index is 11.5. The van der Waals surface area contributed by atoms with Gasteiger partial charge in [0.05, 0.1) is 13.2 Å². The summed E-state index contributed by atoms with van der Waals surface area (Å²) in [6.45, 7) is 2.48. The zero-order chi connectivity index (χ0) is 16.9. The molecule has 0 heterocycles. The third-order valence-corrected chi connectivity index (χ3v) is 2.57. The number of hydrogen-bond acceptors (Lipinski definition) is 5. The van der Waals surface area contributed by atoms with Gasteiger partial charge in [0.1, 0.15) is 6.61 Å². The van der Waals surface area contributed by atoms with E-state index in [1.807, 2.05) is 30.3 Å². The molecule has 0 radical (unpaired) electrons. The zero-order valence-electron chi connectivity index (χ0n) is 12.9. The molecule has 0 bridgehead atoms. The standard InChI is InChI=1S/C16H20N2O5/c1-2-22-14(19)8-9-15(20)23-11-10-17-16(21)18-12-13-6-4-3-5-7-13/h3-9H,2,10-12H2,1H3,(H2,17,18,21)/b9-8+. The van der Waals surface area contributed by atoms with Crippen LogP contribution in [-0.4, -0.2) is 37.7 Å². The van der Waals surface area contributed by atoms with Crippen molar-refractivity contribution in [1.29, 1.82) is 0 Å². The highest BCUT2D eigenvalue weighted by atomic mass is 16.5. The van der Waals surface area contributed by atoms with E-state index in [-0.39, 0.29) is 25.8 Å². The zero-order valence-corrected chi connectivity index (χ0v) is 12.9. The van der Waals surface area contributed by atoms with Crippen LogP contribution < -0.4 is 10.6 Å². The average Bonchev–Trinajstić information content (AvgIpc) is 2.56. The van der Waals surface area contributed by atoms with Crippen molar-refractivity contribution in [3.63, 3.8) is 0 Å². The fourth-order valence-electron chi connectivity index (χ4n) is 1.53. The first-order valence-electron chi connectivity index (χ1n) is 7.19. The smallest absolute Gasteiger partial charge is 0.331 e. The Labute approximate surface area is 134 Å². The number of benzene rings is 1. The fraction of sp³-hybridized carbons (Fsp3) is 0.312. The Morgan fingerprint density at radius 1 is 1.00 bits per heavy atom. The van der Waals surface area contributed by atoms with Crippen LogP contribution in [0.1, 0.15) is 12.5 Å². The lowest BCUT2D eigenvalue weighted by molar-refractivity contribution is -0.140. The topological polar surface area (TPSA) is 93.7 Å². The number of rotatable bonds is 8. The van der Waals surface area contributed by atoms with Gasteiger partial charge in [-0.15, -0.1) is 0 Å². The van der Waals surface area contributed by atoms with Gasteiger partial charge in [-0.25, -0.2) is 14.4 Å². The summed E-state index contributed by atoms with van der Waals surface area (Å²) >= 11 is 0. The molecule has 0 saturated heterocycles. The second kappa shape index (κ2) is 10.8. The summed E-state index contributed by atoms with van der Waals surface area (Å²) in [7, 11) is 0. The molecule has 0 fully saturated rings. The van der Waals surface area contributed by atoms with Gasteiger partial charge >= 0.3 is 18.0 Å². The van der Waals surface area contributed by atoms with E-state index in [1.54, 1.807) is 6.92 Å². The Balaban J connectivity index is 2.11. The second-order valence-corrected chi connectivity index (χ2v) is 4.35. The Hall–Kier alpha value is -2.83. The number of nitrogens with one attached hydrogen (secondary N) is 2. The summed E-state index contributed by atoms with van der Waals surface area (Å²) in [5.41, 5.74) is 0.984. The number of urea groups is 1. The van der Waals surface area contributed by atoms with Crippen molar-refractivity contribution in [2.45, 2.75) is 13.5 Å². The van der Waals surface area contributed by atoms with Crippen molar-refractivity contribution in [3.8, 4) is 0 Å². The molecular weight excluding hydrogens is 300 g/mol. The van der Waals surface area contributed by atoms with Crippen molar-refractivity contribution >= 4 is 18.0 Å². The molecule has 1 aromatic rings. The molecule has 2 amide bonds. The molecule has 7 heteroatoms. The number of amides is 2. The van der Waals surface area contributed by atoms with Gasteiger partial charge in [-0.1, -0.05) is 30.3 Å². The van der Waals surface area contributed by atoms with Gasteiger partial charge in [0.2, 0.25) is 0 Å². The lowest BCUT2D eigenvalue weighted by Crippen LogP contribution is -2.37. The van der Waals surface area contributed by atoms with Gasteiger partial charge < -0.3 is 20.1 Å². The average molecular weight is 320 g/mol. The highest BCUT2D eigenvalue weighted by Crippen LogP contribution is 1.96. The summed E-state index contributed by atoms with van der Waals surface area (Å²) in [6.07, 6.45) is 1.97. The molecule has 0 unspecified atom stereocenters. The van der Waals surface area contributed by atoms with Crippen LogP contribution in [-0.2, 0) is 25.6 Å². The Morgan fingerprint density at radius 2 is 1.65 bits per heavy atom. The molecule has 0 aliphatic heterocycles. The van der Waals surface area contributed by atoms with Crippen molar-refractivity contribution in [1.82, 2.24) is 10.6 Å². The van der Waals surface area contributed by atoms with Crippen LogP contribution in [0.4, 0.5) is 4.79 Å². The number of ether oxygens (including phenoxy) is 2. The van der Waals surface area contributed by atoms with Gasteiger partial charge in [0.25, 0.3) is 0 Å². The largest absolute Gasteiger partial charge is 0.463 e. The molecule has 124 valence electrons. The maximum atomic E-state index is 11.5. The van der Waals surface area contributed by atoms with Crippen LogP contribution in [0, 0.1) is 0 Å². The van der Waals surface area contributed by atoms with Gasteiger partial charge in [-0.2, -0.15) is 0 Å². The van der Waals surface area contributed by atoms with Crippen molar-refractivity contribution in [3.05, 3.63) is 48.0 Å². The number of carbonyl (C=O) groups is 3. The number of carbonyl (C=O) groups excluding carboxylic acids is 3. The number of esters is 2. The van der Waals surface area contributed by atoms with Crippen LogP contribution in [0.5, 0.6) is 0 Å². The third kappa shape index (κ3) is 8.92. The molecule has 2 N–H and O–H groups in total. The Kier molecular flexibility index (Phi) is 8.58. The molecule has 1 rings (SSSR count). The van der Waals surface area contributed by atoms with E-state index >= 15 is 0 Å². The summed E-state index contributed by atoms with van der Waals surface area (Å²) < 4.78 is 9.42. The minimum absolute atomic E-state index is 0.00472. The predicted molar refractivity (Wildman–Crippen MR) is 83.4 cm³/mol. The Morgan fingerprint density at radius 3 is 2.30 bits per heavy atom. The van der Waals surface area contributed by atoms with Crippen LogP contribution in [0.15, 0.2) is 42.5 Å². The predicted octanol–water partition coefficient (Wildman–Crippen LogP) is 1.15. The highest BCUT2D eigenvalue weighted by Gasteiger charge is 2.02. The molecule has 7 nitrogen and oxygen atoms in total. The van der Waals surface area contributed by atoms with E-state index in [1.165, 1.54) is 0 Å². The van der Waals surface area contributed by atoms with Gasteiger partial charge in [0.15, 0.2) is 0 Å². The molecular formula is C16H20N2O5. The van der Waals surface area contributed by atoms with E-state index in [0.29, 0.717) is 6.54 Å². The van der Waals surface area contributed by atoms with Crippen molar-refractivity contribution in [2.75, 3.05) is 19.8 Å². The third-order valence-electron chi connectivity index (χ3n) is 2.57. The first-order chi connectivity index (χ1) is 11.1. The van der Waals surface area contributed by atoms with Crippen molar-refractivity contribution in [2.24, 2.45) is 0 Å². The second-order valence-electron chi connectivity index (χ2n) is 4.35. The minimum Gasteiger partial charge on any atom is -0.463 e. The lowest BCUT2D eigenvalue weighted by Gasteiger charge is -2.07. The van der Waals surface area contributed by atoms with E-state index in [4.69, 9.17) is 4.74 Å². The summed E-state index contributed by atoms with van der Waals surface area (Å²) in [4.78, 5) is 33.7. The first-order valence-corrected chi connectivity index (χ1v) is 7.19. The lowest BCUT2D eigenvalue weighted by atomic mass is 10.2. The van der Waals surface area contributed by atoms with Gasteiger partial charge in [0, 0.05) is 18.7 Å². The molecule has 0 aromatic heterocycles. The number of hydrogen-bond donors (Lipinski definition) is 2. The van der Waals surface area contributed by atoms with E-state index < -0.39 is 11.9 Å². The molecule has 0 aliphatic carbocycles. The normalized spacial score (nSPS) is 10.1. The van der Waals surface area contributed by atoms with E-state index in [0.717, 1.165) is 17.7 Å². The summed E-state index contributed by atoms with van der Waals surface area (Å²) in [5, 5.41) is 5.23. The fourth-order valence-corrected chi connectivity index (χ4v) is 1.53. The first kappa shape index (κ1) is 18.2. The molecule has 0 aliphatic rings. The highest BCUT2D eigenvalue weighted by molar-refractivity contribution is 5.91. The molecule has 1 aromatic carbocycles. The van der Waals surface area contributed by atoms with Crippen LogP contribution >= 0.6 is 0 Å². The van der Waals surface area contributed by atoms with Gasteiger partial charge in [-0.3, -0.25) is 0 Å². The molecule has 23 heavy (non-hydrogen) atoms. The Bertz CT molecular complexity index is 543. The van der Waals surface area contributed by atoms with Crippen LogP contribution in [0.3, 0.4) is 0 Å². The molecule has 0 atom stereocenters. The van der Waals surface area contributed by atoms with E-state index in [9.17, 15) is 14.4 Å². The van der Waals surface area contributed by atoms with Crippen LogP contribution in [0.25, 0.3) is 0 Å². The summed E-state index contributed by atoms with van der Waals surface area (Å²) in [5.74, 6) is -1.28. The van der Waals surface area contributed by atoms with Crippen LogP contribution in [0.2, 0.25) is 0 Å². The molecule has 0 spiro atoms.